The molecule has 1 aliphatic heterocycles. The number of carbonyl (C=O) groups excluding carboxylic acids is 2. The molecule has 2 heterocycles. The second-order valence-corrected chi connectivity index (χ2v) is 6.28. The van der Waals surface area contributed by atoms with Crippen LogP contribution in [0.4, 0.5) is 10.6 Å². The Bertz CT molecular complexity index is 531. The van der Waals surface area contributed by atoms with Crippen molar-refractivity contribution in [1.82, 2.24) is 13.6 Å². The number of piperazine rings is 1. The highest BCUT2D eigenvalue weighted by Crippen LogP contribution is 2.20. The quantitative estimate of drug-likeness (QED) is 0.862. The first-order valence-corrected chi connectivity index (χ1v) is 7.36. The van der Waals surface area contributed by atoms with Gasteiger partial charge in [0.05, 0.1) is 11.7 Å². The highest BCUT2D eigenvalue weighted by Gasteiger charge is 2.28. The van der Waals surface area contributed by atoms with Crippen LogP contribution in [0.25, 0.3) is 0 Å². The molecule has 1 aliphatic rings. The average Bonchev–Trinajstić information content (AvgIpc) is 2.86. The highest BCUT2D eigenvalue weighted by atomic mass is 32.1. The highest BCUT2D eigenvalue weighted by molar-refractivity contribution is 6.99. The first-order chi connectivity index (χ1) is 9.78. The predicted octanol–water partition coefficient (Wildman–Crippen LogP) is 0.694. The van der Waals surface area contributed by atoms with Crippen molar-refractivity contribution in [3.05, 3.63) is 5.69 Å². The van der Waals surface area contributed by atoms with Gasteiger partial charge in [-0.25, -0.2) is 4.79 Å². The summed E-state index contributed by atoms with van der Waals surface area (Å²) in [6.07, 6.45) is -0.325. The van der Waals surface area contributed by atoms with Crippen LogP contribution in [0, 0.1) is 0 Å². The zero-order valence-electron chi connectivity index (χ0n) is 12.3. The second kappa shape index (κ2) is 5.84. The van der Waals surface area contributed by atoms with Crippen LogP contribution in [-0.4, -0.2) is 57.4 Å². The van der Waals surface area contributed by atoms with E-state index in [0.29, 0.717) is 32.0 Å². The van der Waals surface area contributed by atoms with Crippen molar-refractivity contribution in [2.24, 2.45) is 5.73 Å². The van der Waals surface area contributed by atoms with E-state index in [4.69, 9.17) is 10.5 Å². The van der Waals surface area contributed by atoms with Gasteiger partial charge in [-0.05, 0) is 20.8 Å². The van der Waals surface area contributed by atoms with Gasteiger partial charge in [0.25, 0.3) is 5.91 Å². The third kappa shape index (κ3) is 3.81. The van der Waals surface area contributed by atoms with Crippen molar-refractivity contribution in [2.45, 2.75) is 26.4 Å². The van der Waals surface area contributed by atoms with Crippen LogP contribution in [0.1, 0.15) is 31.3 Å². The Kier molecular flexibility index (Phi) is 4.31. The number of aromatic nitrogens is 2. The Morgan fingerprint density at radius 2 is 1.81 bits per heavy atom. The van der Waals surface area contributed by atoms with Crippen molar-refractivity contribution in [1.29, 1.82) is 0 Å². The van der Waals surface area contributed by atoms with Gasteiger partial charge in [0, 0.05) is 26.2 Å². The molecule has 1 saturated heterocycles. The van der Waals surface area contributed by atoms with Gasteiger partial charge < -0.3 is 20.3 Å². The van der Waals surface area contributed by atoms with E-state index in [9.17, 15) is 9.59 Å². The van der Waals surface area contributed by atoms with Crippen LogP contribution in [-0.2, 0) is 4.74 Å². The number of anilines is 1. The summed E-state index contributed by atoms with van der Waals surface area (Å²) in [5, 5.41) is 0. The maximum Gasteiger partial charge on any atom is 0.410 e. The molecular formula is C12H19N5O3S. The van der Waals surface area contributed by atoms with Crippen LogP contribution >= 0.6 is 11.7 Å². The molecule has 9 heteroatoms. The number of rotatable bonds is 2. The van der Waals surface area contributed by atoms with Gasteiger partial charge >= 0.3 is 6.09 Å². The maximum atomic E-state index is 12.0. The fourth-order valence-electron chi connectivity index (χ4n) is 1.97. The lowest BCUT2D eigenvalue weighted by Crippen LogP contribution is -2.50. The fraction of sp³-hybridized carbons (Fsp3) is 0.667. The Balaban J connectivity index is 1.96. The monoisotopic (exact) mass is 313 g/mol. The first-order valence-electron chi connectivity index (χ1n) is 6.63. The van der Waals surface area contributed by atoms with E-state index >= 15 is 0 Å². The van der Waals surface area contributed by atoms with Crippen LogP contribution in [0.3, 0.4) is 0 Å². The van der Waals surface area contributed by atoms with Gasteiger partial charge in [0.15, 0.2) is 11.5 Å². The van der Waals surface area contributed by atoms with E-state index in [0.717, 1.165) is 11.7 Å². The Morgan fingerprint density at radius 3 is 2.33 bits per heavy atom. The molecular weight excluding hydrogens is 294 g/mol. The van der Waals surface area contributed by atoms with Crippen molar-refractivity contribution < 1.29 is 14.3 Å². The number of hydrogen-bond donors (Lipinski definition) is 1. The summed E-state index contributed by atoms with van der Waals surface area (Å²) in [6.45, 7) is 7.63. The third-order valence-electron chi connectivity index (χ3n) is 2.94. The zero-order chi connectivity index (χ0) is 15.6. The summed E-state index contributed by atoms with van der Waals surface area (Å²) in [6, 6.07) is 0. The summed E-state index contributed by atoms with van der Waals surface area (Å²) in [7, 11) is 0. The standard InChI is InChI=1S/C12H19N5O3S/c1-12(2,3)20-11(19)17-6-4-16(5-7-17)10-8(9(13)18)14-21-15-10/h4-7H2,1-3H3,(H2,13,18). The zero-order valence-corrected chi connectivity index (χ0v) is 13.1. The lowest BCUT2D eigenvalue weighted by atomic mass is 10.2. The van der Waals surface area contributed by atoms with Crippen LogP contribution in [0.2, 0.25) is 0 Å². The minimum Gasteiger partial charge on any atom is -0.444 e. The first kappa shape index (κ1) is 15.5. The van der Waals surface area contributed by atoms with Crippen molar-refractivity contribution in [2.75, 3.05) is 31.1 Å². The molecule has 21 heavy (non-hydrogen) atoms. The molecule has 116 valence electrons. The maximum absolute atomic E-state index is 12.0. The number of amides is 2. The largest absolute Gasteiger partial charge is 0.444 e. The molecule has 0 saturated carbocycles. The summed E-state index contributed by atoms with van der Waals surface area (Å²) in [5.41, 5.74) is 4.94. The number of ether oxygens (including phenoxy) is 1. The Hall–Kier alpha value is -1.90. The molecule has 1 fully saturated rings. The lowest BCUT2D eigenvalue weighted by Gasteiger charge is -2.35. The van der Waals surface area contributed by atoms with Crippen molar-refractivity contribution >= 4 is 29.5 Å². The molecule has 0 unspecified atom stereocenters. The molecule has 2 rings (SSSR count). The number of primary amides is 1. The molecule has 0 aliphatic carbocycles. The van der Waals surface area contributed by atoms with E-state index in [2.05, 4.69) is 8.75 Å². The average molecular weight is 313 g/mol. The smallest absolute Gasteiger partial charge is 0.410 e. The minimum atomic E-state index is -0.590. The normalized spacial score (nSPS) is 16.0. The SMILES string of the molecule is CC(C)(C)OC(=O)N1CCN(c2nsnc2C(N)=O)CC1. The molecule has 0 spiro atoms. The molecule has 1 aromatic heterocycles. The molecule has 0 aromatic carbocycles. The summed E-state index contributed by atoms with van der Waals surface area (Å²) < 4.78 is 13.3. The molecule has 8 nitrogen and oxygen atoms in total. The second-order valence-electron chi connectivity index (χ2n) is 5.76. The molecule has 0 bridgehead atoms. The topological polar surface area (TPSA) is 102 Å². The van der Waals surface area contributed by atoms with Gasteiger partial charge in [-0.2, -0.15) is 8.75 Å². The summed E-state index contributed by atoms with van der Waals surface area (Å²) in [5.74, 6) is -0.0929. The van der Waals surface area contributed by atoms with E-state index < -0.39 is 11.5 Å². The summed E-state index contributed by atoms with van der Waals surface area (Å²) in [4.78, 5) is 26.8. The van der Waals surface area contributed by atoms with E-state index in [1.54, 1.807) is 4.90 Å². The Morgan fingerprint density at radius 1 is 1.19 bits per heavy atom. The third-order valence-corrected chi connectivity index (χ3v) is 3.45. The van der Waals surface area contributed by atoms with Gasteiger partial charge in [0.2, 0.25) is 0 Å². The lowest BCUT2D eigenvalue weighted by molar-refractivity contribution is 0.0240. The molecule has 2 amide bonds. The van der Waals surface area contributed by atoms with Crippen molar-refractivity contribution in [3.8, 4) is 0 Å². The van der Waals surface area contributed by atoms with Crippen molar-refractivity contribution in [3.63, 3.8) is 0 Å². The molecule has 2 N–H and O–H groups in total. The Labute approximate surface area is 127 Å². The van der Waals surface area contributed by atoms with E-state index in [1.807, 2.05) is 25.7 Å². The van der Waals surface area contributed by atoms with Crippen LogP contribution in [0.15, 0.2) is 0 Å². The summed E-state index contributed by atoms with van der Waals surface area (Å²) >= 11 is 0.955. The number of carbonyl (C=O) groups is 2. The number of hydrogen-bond acceptors (Lipinski definition) is 7. The van der Waals surface area contributed by atoms with Gasteiger partial charge in [-0.15, -0.1) is 0 Å². The minimum absolute atomic E-state index is 0.186. The predicted molar refractivity (Wildman–Crippen MR) is 78.4 cm³/mol. The van der Waals surface area contributed by atoms with Gasteiger partial charge in [-0.1, -0.05) is 0 Å². The van der Waals surface area contributed by atoms with Gasteiger partial charge in [0.1, 0.15) is 5.60 Å². The van der Waals surface area contributed by atoms with E-state index in [-0.39, 0.29) is 11.8 Å². The fourth-order valence-corrected chi connectivity index (χ4v) is 2.55. The molecule has 0 atom stereocenters. The van der Waals surface area contributed by atoms with Gasteiger partial charge in [-0.3, -0.25) is 4.79 Å². The number of nitrogens with zero attached hydrogens (tertiary/aromatic N) is 4. The van der Waals surface area contributed by atoms with Crippen LogP contribution in [0.5, 0.6) is 0 Å². The van der Waals surface area contributed by atoms with E-state index in [1.165, 1.54) is 0 Å². The molecule has 1 aromatic rings. The number of nitrogens with two attached hydrogens (primary N) is 1. The van der Waals surface area contributed by atoms with Crippen LogP contribution < -0.4 is 10.6 Å². The molecule has 0 radical (unpaired) electrons.